The molecule has 2 aromatic rings. The zero-order chi connectivity index (χ0) is 11.1. The van der Waals surface area contributed by atoms with Crippen molar-refractivity contribution in [2.24, 2.45) is 5.92 Å². The van der Waals surface area contributed by atoms with Gasteiger partial charge in [-0.2, -0.15) is 5.10 Å². The SMILES string of the molecule is O=C(O)C1CN(c2nccn3nccc23)C1. The molecule has 1 fully saturated rings. The van der Waals surface area contributed by atoms with E-state index in [1.807, 2.05) is 11.0 Å². The van der Waals surface area contributed by atoms with Crippen LogP contribution in [0.3, 0.4) is 0 Å². The zero-order valence-electron chi connectivity index (χ0n) is 8.45. The van der Waals surface area contributed by atoms with Crippen molar-refractivity contribution in [3.05, 3.63) is 24.7 Å². The van der Waals surface area contributed by atoms with Gasteiger partial charge in [-0.15, -0.1) is 0 Å². The zero-order valence-corrected chi connectivity index (χ0v) is 8.45. The molecule has 2 aromatic heterocycles. The monoisotopic (exact) mass is 218 g/mol. The highest BCUT2D eigenvalue weighted by atomic mass is 16.4. The highest BCUT2D eigenvalue weighted by molar-refractivity contribution is 5.77. The summed E-state index contributed by atoms with van der Waals surface area (Å²) < 4.78 is 1.73. The van der Waals surface area contributed by atoms with Crippen molar-refractivity contribution in [2.75, 3.05) is 18.0 Å². The van der Waals surface area contributed by atoms with E-state index in [0.29, 0.717) is 13.1 Å². The van der Waals surface area contributed by atoms with Crippen LogP contribution in [0, 0.1) is 5.92 Å². The summed E-state index contributed by atoms with van der Waals surface area (Å²) in [5.41, 5.74) is 0.909. The summed E-state index contributed by atoms with van der Waals surface area (Å²) in [4.78, 5) is 16.9. The van der Waals surface area contributed by atoms with Crippen molar-refractivity contribution >= 4 is 17.3 Å². The van der Waals surface area contributed by atoms with Crippen molar-refractivity contribution in [3.63, 3.8) is 0 Å². The Kier molecular flexibility index (Phi) is 1.82. The van der Waals surface area contributed by atoms with Gasteiger partial charge in [-0.05, 0) is 6.07 Å². The third-order valence-electron chi connectivity index (χ3n) is 2.83. The van der Waals surface area contributed by atoms with Crippen LogP contribution in [0.1, 0.15) is 0 Å². The van der Waals surface area contributed by atoms with Crippen LogP contribution >= 0.6 is 0 Å². The van der Waals surface area contributed by atoms with Crippen LogP contribution in [-0.4, -0.2) is 38.8 Å². The van der Waals surface area contributed by atoms with Gasteiger partial charge in [-0.3, -0.25) is 4.79 Å². The molecule has 0 spiro atoms. The van der Waals surface area contributed by atoms with Gasteiger partial charge in [0.15, 0.2) is 5.82 Å². The standard InChI is InChI=1S/C10H10N4O2/c15-10(16)7-5-13(6-7)9-8-1-2-12-14(8)4-3-11-9/h1-4,7H,5-6H2,(H,15,16). The molecular formula is C10H10N4O2. The van der Waals surface area contributed by atoms with Crippen LogP contribution < -0.4 is 4.90 Å². The van der Waals surface area contributed by atoms with Gasteiger partial charge in [0.25, 0.3) is 0 Å². The molecule has 6 nitrogen and oxygen atoms in total. The molecule has 1 aliphatic rings. The Balaban J connectivity index is 1.91. The minimum atomic E-state index is -0.739. The van der Waals surface area contributed by atoms with E-state index in [0.717, 1.165) is 11.3 Å². The fraction of sp³-hybridized carbons (Fsp3) is 0.300. The van der Waals surface area contributed by atoms with E-state index < -0.39 is 5.97 Å². The molecule has 3 heterocycles. The van der Waals surface area contributed by atoms with Crippen LogP contribution in [0.25, 0.3) is 5.52 Å². The van der Waals surface area contributed by atoms with E-state index in [4.69, 9.17) is 5.11 Å². The number of nitrogens with zero attached hydrogens (tertiary/aromatic N) is 4. The molecule has 0 atom stereocenters. The van der Waals surface area contributed by atoms with Crippen molar-refractivity contribution < 1.29 is 9.90 Å². The fourth-order valence-electron chi connectivity index (χ4n) is 1.89. The number of carboxylic acid groups (broad SMARTS) is 1. The molecule has 0 unspecified atom stereocenters. The summed E-state index contributed by atoms with van der Waals surface area (Å²) in [6.45, 7) is 1.04. The number of fused-ring (bicyclic) bond motifs is 1. The van der Waals surface area contributed by atoms with Gasteiger partial charge in [0.2, 0.25) is 0 Å². The predicted octanol–water partition coefficient (Wildman–Crippen LogP) is 0.250. The Hall–Kier alpha value is -2.11. The molecule has 1 aliphatic heterocycles. The third-order valence-corrected chi connectivity index (χ3v) is 2.83. The Labute approximate surface area is 91.1 Å². The van der Waals surface area contributed by atoms with Crippen molar-refractivity contribution in [1.29, 1.82) is 0 Å². The van der Waals surface area contributed by atoms with Gasteiger partial charge in [0.05, 0.1) is 12.1 Å². The number of aliphatic carboxylic acids is 1. The second-order valence-corrected chi connectivity index (χ2v) is 3.85. The average molecular weight is 218 g/mol. The lowest BCUT2D eigenvalue weighted by molar-refractivity contribution is -0.142. The quantitative estimate of drug-likeness (QED) is 0.782. The van der Waals surface area contributed by atoms with E-state index in [2.05, 4.69) is 10.1 Å². The van der Waals surface area contributed by atoms with E-state index >= 15 is 0 Å². The van der Waals surface area contributed by atoms with Gasteiger partial charge in [-0.1, -0.05) is 0 Å². The minimum absolute atomic E-state index is 0.273. The summed E-state index contributed by atoms with van der Waals surface area (Å²) in [5.74, 6) is -0.209. The normalized spacial score (nSPS) is 16.4. The molecule has 0 bridgehead atoms. The second kappa shape index (κ2) is 3.19. The van der Waals surface area contributed by atoms with Crippen molar-refractivity contribution in [3.8, 4) is 0 Å². The molecule has 6 heteroatoms. The maximum absolute atomic E-state index is 10.7. The van der Waals surface area contributed by atoms with Crippen LogP contribution in [0.15, 0.2) is 24.7 Å². The molecule has 1 N–H and O–H groups in total. The number of rotatable bonds is 2. The van der Waals surface area contributed by atoms with Crippen LogP contribution in [-0.2, 0) is 4.79 Å². The maximum atomic E-state index is 10.7. The lowest BCUT2D eigenvalue weighted by Gasteiger charge is -2.37. The lowest BCUT2D eigenvalue weighted by atomic mass is 10.0. The lowest BCUT2D eigenvalue weighted by Crippen LogP contribution is -2.50. The number of carboxylic acids is 1. The molecule has 0 amide bonds. The molecule has 16 heavy (non-hydrogen) atoms. The molecule has 0 aromatic carbocycles. The van der Waals surface area contributed by atoms with Gasteiger partial charge < -0.3 is 10.0 Å². The number of carbonyl (C=O) groups is 1. The van der Waals surface area contributed by atoms with Gasteiger partial charge in [-0.25, -0.2) is 9.50 Å². The number of aromatic nitrogens is 3. The van der Waals surface area contributed by atoms with E-state index in [-0.39, 0.29) is 5.92 Å². The number of hydrogen-bond acceptors (Lipinski definition) is 4. The first-order valence-electron chi connectivity index (χ1n) is 5.02. The van der Waals surface area contributed by atoms with Crippen LogP contribution in [0.2, 0.25) is 0 Å². The third kappa shape index (κ3) is 1.23. The highest BCUT2D eigenvalue weighted by Crippen LogP contribution is 2.26. The molecule has 0 saturated carbocycles. The summed E-state index contributed by atoms with van der Waals surface area (Å²) in [6, 6.07) is 1.87. The molecule has 82 valence electrons. The smallest absolute Gasteiger partial charge is 0.310 e. The Bertz CT molecular complexity index is 544. The first-order valence-corrected chi connectivity index (χ1v) is 5.02. The molecule has 0 radical (unpaired) electrons. The van der Waals surface area contributed by atoms with Crippen LogP contribution in [0.4, 0.5) is 5.82 Å². The van der Waals surface area contributed by atoms with E-state index in [1.54, 1.807) is 23.1 Å². The van der Waals surface area contributed by atoms with Gasteiger partial charge >= 0.3 is 5.97 Å². The topological polar surface area (TPSA) is 70.7 Å². The summed E-state index contributed by atoms with van der Waals surface area (Å²) in [7, 11) is 0. The summed E-state index contributed by atoms with van der Waals surface area (Å²) in [5, 5.41) is 12.9. The number of hydrogen-bond donors (Lipinski definition) is 1. The maximum Gasteiger partial charge on any atom is 0.310 e. The molecule has 3 rings (SSSR count). The van der Waals surface area contributed by atoms with E-state index in [9.17, 15) is 4.79 Å². The highest BCUT2D eigenvalue weighted by Gasteiger charge is 2.34. The largest absolute Gasteiger partial charge is 0.481 e. The Morgan fingerprint density at radius 3 is 3.00 bits per heavy atom. The molecular weight excluding hydrogens is 208 g/mol. The van der Waals surface area contributed by atoms with Crippen molar-refractivity contribution in [2.45, 2.75) is 0 Å². The molecule has 1 saturated heterocycles. The summed E-state index contributed by atoms with van der Waals surface area (Å²) >= 11 is 0. The number of anilines is 1. The second-order valence-electron chi connectivity index (χ2n) is 3.85. The minimum Gasteiger partial charge on any atom is -0.481 e. The van der Waals surface area contributed by atoms with Gasteiger partial charge in [0, 0.05) is 25.5 Å². The Morgan fingerprint density at radius 2 is 2.25 bits per heavy atom. The first-order chi connectivity index (χ1) is 7.75. The summed E-state index contributed by atoms with van der Waals surface area (Å²) in [6.07, 6.45) is 5.14. The first kappa shape index (κ1) is 9.14. The van der Waals surface area contributed by atoms with Crippen LogP contribution in [0.5, 0.6) is 0 Å². The predicted molar refractivity (Wildman–Crippen MR) is 56.3 cm³/mol. The van der Waals surface area contributed by atoms with Gasteiger partial charge in [0.1, 0.15) is 5.52 Å². The fourth-order valence-corrected chi connectivity index (χ4v) is 1.89. The average Bonchev–Trinajstić information content (AvgIpc) is 2.63. The van der Waals surface area contributed by atoms with Crippen molar-refractivity contribution in [1.82, 2.24) is 14.6 Å². The molecule has 0 aliphatic carbocycles. The van der Waals surface area contributed by atoms with E-state index in [1.165, 1.54) is 0 Å². The Morgan fingerprint density at radius 1 is 1.44 bits per heavy atom.